The largest absolute Gasteiger partial charge is 0.400 e. The molecule has 0 atom stereocenters. The van der Waals surface area contributed by atoms with Gasteiger partial charge in [-0.2, -0.15) is 4.98 Å². The summed E-state index contributed by atoms with van der Waals surface area (Å²) in [7, 11) is 4.01. The van der Waals surface area contributed by atoms with Crippen LogP contribution in [0.5, 0.6) is 0 Å². The van der Waals surface area contributed by atoms with Crippen molar-refractivity contribution in [3.8, 4) is 22.2 Å². The number of thiophene rings is 1. The molecule has 1 aromatic rings. The molecular weight excluding hydrogens is 294 g/mol. The summed E-state index contributed by atoms with van der Waals surface area (Å²) >= 11 is 1.48. The molecule has 9 heteroatoms. The molecular formula is C12H13N5O3S. The SMILES string of the molecule is CO.Cn1nc(-c2cccs2)nc2c(=O)n(C)c(=O)nc1-2. The number of aliphatic hydroxyl groups is 1. The van der Waals surface area contributed by atoms with Crippen LogP contribution in [-0.4, -0.2) is 36.5 Å². The fourth-order valence-electron chi connectivity index (χ4n) is 1.71. The summed E-state index contributed by atoms with van der Waals surface area (Å²) in [6.07, 6.45) is 0. The van der Waals surface area contributed by atoms with Crippen molar-refractivity contribution in [2.24, 2.45) is 14.1 Å². The minimum atomic E-state index is -0.611. The molecule has 0 saturated carbocycles. The summed E-state index contributed by atoms with van der Waals surface area (Å²) in [4.78, 5) is 32.4. The molecule has 0 fully saturated rings. The van der Waals surface area contributed by atoms with Gasteiger partial charge in [-0.15, -0.1) is 16.4 Å². The van der Waals surface area contributed by atoms with Gasteiger partial charge in [-0.05, 0) is 11.4 Å². The second-order valence-corrected chi connectivity index (χ2v) is 4.91. The maximum atomic E-state index is 12.0. The standard InChI is InChI=1S/C11H9N5O2S.CH4O/c1-15-10(17)7-9(13-11(15)18)16(2)14-8(12-7)6-4-3-5-19-6;1-2/h3-5H,1-2H3;2H,1H3. The van der Waals surface area contributed by atoms with E-state index in [1.54, 1.807) is 7.05 Å². The zero-order valence-electron chi connectivity index (χ0n) is 11.6. The Bertz CT molecular complexity index is 837. The van der Waals surface area contributed by atoms with Gasteiger partial charge in [0.25, 0.3) is 5.56 Å². The fraction of sp³-hybridized carbons (Fsp3) is 0.250. The number of hydrogen-bond acceptors (Lipinski definition) is 7. The van der Waals surface area contributed by atoms with Crippen molar-refractivity contribution < 1.29 is 5.11 Å². The Morgan fingerprint density at radius 1 is 1.19 bits per heavy atom. The van der Waals surface area contributed by atoms with E-state index in [1.807, 2.05) is 17.5 Å². The molecule has 0 radical (unpaired) electrons. The highest BCUT2D eigenvalue weighted by atomic mass is 32.1. The zero-order valence-corrected chi connectivity index (χ0v) is 12.5. The average molecular weight is 307 g/mol. The maximum absolute atomic E-state index is 12.0. The lowest BCUT2D eigenvalue weighted by Crippen LogP contribution is -2.36. The lowest BCUT2D eigenvalue weighted by molar-refractivity contribution is 0.399. The summed E-state index contributed by atoms with van der Waals surface area (Å²) < 4.78 is 2.34. The second-order valence-electron chi connectivity index (χ2n) is 3.97. The highest BCUT2D eigenvalue weighted by Gasteiger charge is 2.19. The maximum Gasteiger partial charge on any atom is 0.352 e. The number of nitrogens with zero attached hydrogens (tertiary/aromatic N) is 5. The van der Waals surface area contributed by atoms with E-state index in [4.69, 9.17) is 5.11 Å². The Morgan fingerprint density at radius 2 is 1.90 bits per heavy atom. The molecule has 0 aromatic carbocycles. The van der Waals surface area contributed by atoms with Crippen LogP contribution >= 0.6 is 11.3 Å². The third kappa shape index (κ3) is 2.60. The topological polar surface area (TPSA) is 103 Å². The van der Waals surface area contributed by atoms with E-state index in [2.05, 4.69) is 15.1 Å². The number of fused-ring (bicyclic) bond motifs is 1. The molecule has 1 aromatic heterocycles. The Balaban J connectivity index is 0.000000774. The predicted octanol–water partition coefficient (Wildman–Crippen LogP) is -0.289. The van der Waals surface area contributed by atoms with Crippen LogP contribution < -0.4 is 11.2 Å². The first kappa shape index (κ1) is 15.0. The third-order valence-electron chi connectivity index (χ3n) is 2.72. The van der Waals surface area contributed by atoms with Crippen LogP contribution in [0.3, 0.4) is 0 Å². The van der Waals surface area contributed by atoms with Crippen LogP contribution in [0.25, 0.3) is 22.2 Å². The third-order valence-corrected chi connectivity index (χ3v) is 3.58. The second kappa shape index (κ2) is 5.94. The normalized spacial score (nSPS) is 10.3. The number of hydrogen-bond donors (Lipinski definition) is 1. The molecule has 3 rings (SSSR count). The van der Waals surface area contributed by atoms with Gasteiger partial charge in [-0.25, -0.2) is 14.5 Å². The highest BCUT2D eigenvalue weighted by Crippen LogP contribution is 2.22. The highest BCUT2D eigenvalue weighted by molar-refractivity contribution is 7.13. The van der Waals surface area contributed by atoms with E-state index < -0.39 is 11.2 Å². The number of rotatable bonds is 1. The van der Waals surface area contributed by atoms with Gasteiger partial charge >= 0.3 is 5.69 Å². The summed E-state index contributed by atoms with van der Waals surface area (Å²) in [6, 6.07) is 3.75. The fourth-order valence-corrected chi connectivity index (χ4v) is 2.36. The number of aliphatic hydroxyl groups excluding tert-OH is 1. The summed E-state index contributed by atoms with van der Waals surface area (Å²) in [5.74, 6) is 0.635. The van der Waals surface area contributed by atoms with Crippen molar-refractivity contribution in [3.05, 3.63) is 38.4 Å². The van der Waals surface area contributed by atoms with Crippen molar-refractivity contribution in [2.75, 3.05) is 7.11 Å². The zero-order chi connectivity index (χ0) is 15.6. The van der Waals surface area contributed by atoms with E-state index in [0.717, 1.165) is 16.6 Å². The lowest BCUT2D eigenvalue weighted by Gasteiger charge is -2.10. The Labute approximate surface area is 123 Å². The van der Waals surface area contributed by atoms with Gasteiger partial charge in [-0.3, -0.25) is 9.36 Å². The number of aryl methyl sites for hydroxylation is 1. The summed E-state index contributed by atoms with van der Waals surface area (Å²) in [6.45, 7) is 0. The molecule has 0 amide bonds. The van der Waals surface area contributed by atoms with Crippen LogP contribution in [0, 0.1) is 0 Å². The molecule has 8 nitrogen and oxygen atoms in total. The van der Waals surface area contributed by atoms with E-state index in [9.17, 15) is 9.59 Å². The predicted molar refractivity (Wildman–Crippen MR) is 78.4 cm³/mol. The Kier molecular flexibility index (Phi) is 4.24. The Hall–Kier alpha value is -2.39. The van der Waals surface area contributed by atoms with Crippen molar-refractivity contribution in [1.82, 2.24) is 24.3 Å². The molecule has 3 heterocycles. The quantitative estimate of drug-likeness (QED) is 0.663. The molecule has 2 aliphatic rings. The van der Waals surface area contributed by atoms with Crippen molar-refractivity contribution in [3.63, 3.8) is 0 Å². The summed E-state index contributed by atoms with van der Waals surface area (Å²) in [5, 5.41) is 13.1. The van der Waals surface area contributed by atoms with Gasteiger partial charge in [0.2, 0.25) is 0 Å². The van der Waals surface area contributed by atoms with Gasteiger partial charge < -0.3 is 5.11 Å². The molecule has 2 aliphatic heterocycles. The van der Waals surface area contributed by atoms with Crippen LogP contribution in [0.1, 0.15) is 0 Å². The van der Waals surface area contributed by atoms with Gasteiger partial charge in [0.05, 0.1) is 4.88 Å². The molecule has 0 bridgehead atoms. The van der Waals surface area contributed by atoms with Crippen LogP contribution in [0.2, 0.25) is 0 Å². The molecule has 110 valence electrons. The van der Waals surface area contributed by atoms with Gasteiger partial charge in [0.15, 0.2) is 17.3 Å². The van der Waals surface area contributed by atoms with Crippen LogP contribution in [0.15, 0.2) is 27.1 Å². The van der Waals surface area contributed by atoms with Crippen molar-refractivity contribution in [2.45, 2.75) is 0 Å². The first-order valence-electron chi connectivity index (χ1n) is 5.88. The van der Waals surface area contributed by atoms with Gasteiger partial charge in [0.1, 0.15) is 0 Å². The molecule has 0 spiro atoms. The Morgan fingerprint density at radius 3 is 2.52 bits per heavy atom. The van der Waals surface area contributed by atoms with Crippen molar-refractivity contribution in [1.29, 1.82) is 0 Å². The van der Waals surface area contributed by atoms with E-state index in [-0.39, 0.29) is 11.5 Å². The van der Waals surface area contributed by atoms with Crippen molar-refractivity contribution >= 4 is 11.3 Å². The van der Waals surface area contributed by atoms with Crippen LogP contribution in [-0.2, 0) is 14.1 Å². The van der Waals surface area contributed by atoms with Crippen LogP contribution in [0.4, 0.5) is 0 Å². The molecule has 0 unspecified atom stereocenters. The lowest BCUT2D eigenvalue weighted by atomic mass is 10.3. The van der Waals surface area contributed by atoms with E-state index in [0.29, 0.717) is 5.82 Å². The smallest absolute Gasteiger partial charge is 0.352 e. The minimum absolute atomic E-state index is 0.142. The number of aromatic nitrogens is 5. The van der Waals surface area contributed by atoms with Gasteiger partial charge in [0, 0.05) is 21.2 Å². The summed E-state index contributed by atoms with van der Waals surface area (Å²) in [5.41, 5.74) is -0.936. The molecule has 21 heavy (non-hydrogen) atoms. The molecule has 0 aliphatic carbocycles. The monoisotopic (exact) mass is 307 g/mol. The molecule has 1 N–H and O–H groups in total. The molecule has 0 saturated heterocycles. The van der Waals surface area contributed by atoms with E-state index in [1.165, 1.54) is 23.1 Å². The minimum Gasteiger partial charge on any atom is -0.400 e. The first-order chi connectivity index (χ1) is 10.1. The first-order valence-corrected chi connectivity index (χ1v) is 6.76. The van der Waals surface area contributed by atoms with E-state index >= 15 is 0 Å². The average Bonchev–Trinajstić information content (AvgIpc) is 3.02. The van der Waals surface area contributed by atoms with Gasteiger partial charge in [-0.1, -0.05) is 6.07 Å².